The number of hydrogen-bond donors (Lipinski definition) is 1. The van der Waals surface area contributed by atoms with Crippen LogP contribution in [0.4, 0.5) is 4.39 Å². The second kappa shape index (κ2) is 5.16. The first kappa shape index (κ1) is 13.8. The van der Waals surface area contributed by atoms with Crippen molar-refractivity contribution in [3.63, 3.8) is 0 Å². The SMILES string of the molecule is CC1(C)CCN(C(CN)c2cc(F)cc(Cl)c2)C1. The molecule has 1 saturated heterocycles. The summed E-state index contributed by atoms with van der Waals surface area (Å²) < 4.78 is 13.4. The van der Waals surface area contributed by atoms with Crippen molar-refractivity contribution in [2.45, 2.75) is 26.3 Å². The molecule has 2 N–H and O–H groups in total. The van der Waals surface area contributed by atoms with E-state index in [0.717, 1.165) is 25.1 Å². The van der Waals surface area contributed by atoms with Crippen LogP contribution in [0.25, 0.3) is 0 Å². The number of nitrogens with two attached hydrogens (primary N) is 1. The van der Waals surface area contributed by atoms with Crippen LogP contribution in [-0.2, 0) is 0 Å². The molecular weight excluding hydrogens is 251 g/mol. The molecule has 1 aromatic carbocycles. The fraction of sp³-hybridized carbons (Fsp3) is 0.571. The first-order valence-corrected chi connectivity index (χ1v) is 6.69. The monoisotopic (exact) mass is 270 g/mol. The maximum absolute atomic E-state index is 13.4. The van der Waals surface area contributed by atoms with Gasteiger partial charge >= 0.3 is 0 Å². The third kappa shape index (κ3) is 3.02. The molecule has 0 amide bonds. The summed E-state index contributed by atoms with van der Waals surface area (Å²) in [5.41, 5.74) is 7.05. The van der Waals surface area contributed by atoms with Crippen LogP contribution in [0.5, 0.6) is 0 Å². The highest BCUT2D eigenvalue weighted by atomic mass is 35.5. The van der Waals surface area contributed by atoms with Crippen molar-refractivity contribution < 1.29 is 4.39 Å². The molecular formula is C14H20ClFN2. The van der Waals surface area contributed by atoms with E-state index < -0.39 is 0 Å². The van der Waals surface area contributed by atoms with Crippen LogP contribution in [0.3, 0.4) is 0 Å². The Morgan fingerprint density at radius 2 is 2.17 bits per heavy atom. The lowest BCUT2D eigenvalue weighted by Crippen LogP contribution is -2.33. The zero-order valence-electron chi connectivity index (χ0n) is 10.9. The molecule has 0 spiro atoms. The molecule has 2 rings (SSSR count). The number of likely N-dealkylation sites (tertiary alicyclic amines) is 1. The van der Waals surface area contributed by atoms with Gasteiger partial charge in [-0.1, -0.05) is 25.4 Å². The molecule has 2 nitrogen and oxygen atoms in total. The molecule has 0 aliphatic carbocycles. The van der Waals surface area contributed by atoms with E-state index in [4.69, 9.17) is 17.3 Å². The molecule has 0 radical (unpaired) electrons. The van der Waals surface area contributed by atoms with Crippen molar-refractivity contribution in [1.29, 1.82) is 0 Å². The standard InChI is InChI=1S/C14H20ClFN2/c1-14(2)3-4-18(9-14)13(8-17)10-5-11(15)7-12(16)6-10/h5-7,13H,3-4,8-9,17H2,1-2H3. The molecule has 0 bridgehead atoms. The van der Waals surface area contributed by atoms with Crippen molar-refractivity contribution >= 4 is 11.6 Å². The zero-order chi connectivity index (χ0) is 13.3. The van der Waals surface area contributed by atoms with E-state index in [1.54, 1.807) is 0 Å². The predicted octanol–water partition coefficient (Wildman–Crippen LogP) is 3.21. The Labute approximate surface area is 113 Å². The van der Waals surface area contributed by atoms with Gasteiger partial charge in [0.15, 0.2) is 0 Å². The molecule has 1 unspecified atom stereocenters. The van der Waals surface area contributed by atoms with Gasteiger partial charge in [-0.25, -0.2) is 4.39 Å². The molecule has 0 saturated carbocycles. The molecule has 100 valence electrons. The van der Waals surface area contributed by atoms with Gasteiger partial charge in [-0.05, 0) is 42.1 Å². The summed E-state index contributed by atoms with van der Waals surface area (Å²) in [5, 5.41) is 0.432. The summed E-state index contributed by atoms with van der Waals surface area (Å²) >= 11 is 5.91. The molecule has 1 aliphatic heterocycles. The van der Waals surface area contributed by atoms with E-state index in [9.17, 15) is 4.39 Å². The Balaban J connectivity index is 2.23. The zero-order valence-corrected chi connectivity index (χ0v) is 11.7. The van der Waals surface area contributed by atoms with Gasteiger partial charge in [-0.3, -0.25) is 4.90 Å². The van der Waals surface area contributed by atoms with Crippen LogP contribution < -0.4 is 5.73 Å². The highest BCUT2D eigenvalue weighted by molar-refractivity contribution is 6.30. The van der Waals surface area contributed by atoms with Crippen LogP contribution in [0.2, 0.25) is 5.02 Å². The maximum atomic E-state index is 13.4. The van der Waals surface area contributed by atoms with E-state index >= 15 is 0 Å². The third-order valence-electron chi connectivity index (χ3n) is 3.64. The topological polar surface area (TPSA) is 29.3 Å². The summed E-state index contributed by atoms with van der Waals surface area (Å²) in [6.07, 6.45) is 1.15. The minimum absolute atomic E-state index is 0.0555. The van der Waals surface area contributed by atoms with Gasteiger partial charge in [0.25, 0.3) is 0 Å². The lowest BCUT2D eigenvalue weighted by atomic mass is 9.93. The molecule has 1 aromatic rings. The van der Waals surface area contributed by atoms with E-state index in [1.807, 2.05) is 6.07 Å². The Bertz CT molecular complexity index is 414. The Hall–Kier alpha value is -0.640. The number of halogens is 2. The Kier molecular flexibility index (Phi) is 3.95. The third-order valence-corrected chi connectivity index (χ3v) is 3.86. The maximum Gasteiger partial charge on any atom is 0.125 e. The average Bonchev–Trinajstić information content (AvgIpc) is 2.58. The minimum atomic E-state index is -0.297. The molecule has 18 heavy (non-hydrogen) atoms. The van der Waals surface area contributed by atoms with Gasteiger partial charge in [0.2, 0.25) is 0 Å². The number of hydrogen-bond acceptors (Lipinski definition) is 2. The van der Waals surface area contributed by atoms with Crippen LogP contribution >= 0.6 is 11.6 Å². The van der Waals surface area contributed by atoms with Gasteiger partial charge in [-0.2, -0.15) is 0 Å². The fourth-order valence-electron chi connectivity index (χ4n) is 2.68. The normalized spacial score (nSPS) is 21.2. The second-order valence-corrected chi connectivity index (χ2v) is 6.28. The summed E-state index contributed by atoms with van der Waals surface area (Å²) in [6.45, 7) is 6.97. The van der Waals surface area contributed by atoms with Crippen molar-refractivity contribution in [1.82, 2.24) is 4.90 Å². The van der Waals surface area contributed by atoms with Crippen LogP contribution in [0, 0.1) is 11.2 Å². The first-order chi connectivity index (χ1) is 8.41. The lowest BCUT2D eigenvalue weighted by Gasteiger charge is -2.28. The summed E-state index contributed by atoms with van der Waals surface area (Å²) in [6, 6.07) is 4.73. The molecule has 0 aromatic heterocycles. The number of benzene rings is 1. The van der Waals surface area contributed by atoms with Crippen molar-refractivity contribution in [3.8, 4) is 0 Å². The largest absolute Gasteiger partial charge is 0.329 e. The predicted molar refractivity (Wildman–Crippen MR) is 73.2 cm³/mol. The summed E-state index contributed by atoms with van der Waals surface area (Å²) in [4.78, 5) is 2.32. The van der Waals surface area contributed by atoms with Crippen molar-refractivity contribution in [2.75, 3.05) is 19.6 Å². The van der Waals surface area contributed by atoms with Gasteiger partial charge in [-0.15, -0.1) is 0 Å². The van der Waals surface area contributed by atoms with Gasteiger partial charge in [0, 0.05) is 24.2 Å². The average molecular weight is 271 g/mol. The highest BCUT2D eigenvalue weighted by Crippen LogP contribution is 2.35. The van der Waals surface area contributed by atoms with Gasteiger partial charge in [0.05, 0.1) is 0 Å². The van der Waals surface area contributed by atoms with Gasteiger partial charge < -0.3 is 5.73 Å². The van der Waals surface area contributed by atoms with Crippen LogP contribution in [-0.4, -0.2) is 24.5 Å². The highest BCUT2D eigenvalue weighted by Gasteiger charge is 2.33. The van der Waals surface area contributed by atoms with Crippen LogP contribution in [0.15, 0.2) is 18.2 Å². The quantitative estimate of drug-likeness (QED) is 0.914. The number of nitrogens with zero attached hydrogens (tertiary/aromatic N) is 1. The fourth-order valence-corrected chi connectivity index (χ4v) is 2.91. The summed E-state index contributed by atoms with van der Waals surface area (Å²) in [7, 11) is 0. The lowest BCUT2D eigenvalue weighted by molar-refractivity contribution is 0.223. The molecule has 4 heteroatoms. The van der Waals surface area contributed by atoms with Crippen molar-refractivity contribution in [3.05, 3.63) is 34.6 Å². The second-order valence-electron chi connectivity index (χ2n) is 5.84. The van der Waals surface area contributed by atoms with E-state index in [-0.39, 0.29) is 11.9 Å². The van der Waals surface area contributed by atoms with Crippen molar-refractivity contribution in [2.24, 2.45) is 11.1 Å². The van der Waals surface area contributed by atoms with E-state index in [2.05, 4.69) is 18.7 Å². The Morgan fingerprint density at radius 3 is 2.67 bits per heavy atom. The molecule has 1 fully saturated rings. The smallest absolute Gasteiger partial charge is 0.125 e. The molecule has 1 atom stereocenters. The summed E-state index contributed by atoms with van der Waals surface area (Å²) in [5.74, 6) is -0.297. The van der Waals surface area contributed by atoms with E-state index in [1.165, 1.54) is 12.1 Å². The van der Waals surface area contributed by atoms with Crippen LogP contribution in [0.1, 0.15) is 31.9 Å². The van der Waals surface area contributed by atoms with E-state index in [0.29, 0.717) is 17.0 Å². The number of rotatable bonds is 3. The molecule has 1 heterocycles. The molecule has 1 aliphatic rings. The Morgan fingerprint density at radius 1 is 1.44 bits per heavy atom. The van der Waals surface area contributed by atoms with Gasteiger partial charge in [0.1, 0.15) is 5.82 Å². The first-order valence-electron chi connectivity index (χ1n) is 6.31. The minimum Gasteiger partial charge on any atom is -0.329 e.